The normalized spacial score (nSPS) is 11.5. The van der Waals surface area contributed by atoms with Gasteiger partial charge in [0.25, 0.3) is 0 Å². The Morgan fingerprint density at radius 1 is 0.471 bits per heavy atom. The van der Waals surface area contributed by atoms with E-state index in [2.05, 4.69) is 73.9 Å². The molecule has 0 aliphatic carbocycles. The number of anilines is 2. The van der Waals surface area contributed by atoms with E-state index in [9.17, 15) is 0 Å². The summed E-state index contributed by atoms with van der Waals surface area (Å²) in [5.74, 6) is -0.390. The number of hydrogen-bond donors (Lipinski definition) is 0. The lowest BCUT2D eigenvalue weighted by Crippen LogP contribution is -2.25. The Balaban J connectivity index is 1.23. The molecule has 6 aromatic rings. The van der Waals surface area contributed by atoms with Gasteiger partial charge < -0.3 is 9.80 Å². The van der Waals surface area contributed by atoms with Crippen molar-refractivity contribution in [3.05, 3.63) is 84.4 Å². The maximum Gasteiger partial charge on any atom is 0.133 e. The summed E-state index contributed by atoms with van der Waals surface area (Å²) in [6.07, 6.45) is 8.84. The Morgan fingerprint density at radius 3 is 1.14 bits per heavy atom. The van der Waals surface area contributed by atoms with Crippen LogP contribution >= 0.6 is 34.4 Å². The maximum absolute atomic E-state index is 15.6. The van der Waals surface area contributed by atoms with Gasteiger partial charge in [-0.2, -0.15) is 8.75 Å². The number of thiophene rings is 2. The maximum atomic E-state index is 15.6. The highest BCUT2D eigenvalue weighted by Crippen LogP contribution is 2.43. The minimum absolute atomic E-state index is 0.195. The van der Waals surface area contributed by atoms with Crippen LogP contribution in [-0.2, 0) is 0 Å². The summed E-state index contributed by atoms with van der Waals surface area (Å²) < 4.78 is 40.7. The molecule has 0 spiro atoms. The number of fused-ring (bicyclic) bond motifs is 1. The van der Waals surface area contributed by atoms with Crippen LogP contribution < -0.4 is 9.80 Å². The molecule has 3 aromatic heterocycles. The van der Waals surface area contributed by atoms with Gasteiger partial charge in [0.1, 0.15) is 22.7 Å². The van der Waals surface area contributed by atoms with Gasteiger partial charge in [-0.1, -0.05) is 65.5 Å². The molecule has 268 valence electrons. The molecule has 0 aliphatic heterocycles. The fraction of sp³-hybridized carbons (Fsp3) is 0.381. The average Bonchev–Trinajstić information content (AvgIpc) is 3.94. The van der Waals surface area contributed by atoms with Crippen molar-refractivity contribution in [2.75, 3.05) is 36.0 Å². The van der Waals surface area contributed by atoms with Crippen LogP contribution in [0, 0.1) is 11.6 Å². The van der Waals surface area contributed by atoms with Crippen LogP contribution in [-0.4, -0.2) is 34.9 Å². The van der Waals surface area contributed by atoms with Crippen LogP contribution in [0.25, 0.3) is 52.8 Å². The first-order valence-corrected chi connectivity index (χ1v) is 20.9. The molecule has 51 heavy (non-hydrogen) atoms. The van der Waals surface area contributed by atoms with Gasteiger partial charge in [-0.25, -0.2) is 8.78 Å². The van der Waals surface area contributed by atoms with Crippen LogP contribution in [0.3, 0.4) is 0 Å². The summed E-state index contributed by atoms with van der Waals surface area (Å²) in [6, 6.07) is 23.6. The second kappa shape index (κ2) is 17.7. The van der Waals surface area contributed by atoms with E-state index in [0.717, 1.165) is 131 Å². The van der Waals surface area contributed by atoms with Gasteiger partial charge in [-0.05, 0) is 86.3 Å². The second-order valence-electron chi connectivity index (χ2n) is 13.2. The highest BCUT2D eigenvalue weighted by molar-refractivity contribution is 7.19. The summed E-state index contributed by atoms with van der Waals surface area (Å²) in [5.41, 5.74) is 6.76. The molecule has 0 unspecified atom stereocenters. The molecule has 4 nitrogen and oxygen atoms in total. The second-order valence-corrected chi connectivity index (χ2v) is 15.9. The number of benzene rings is 3. The highest BCUT2D eigenvalue weighted by atomic mass is 32.1. The first kappa shape index (κ1) is 37.1. The molecule has 0 atom stereocenters. The molecular formula is C42H48F2N4S3. The fourth-order valence-electron chi connectivity index (χ4n) is 6.46. The third-order valence-corrected chi connectivity index (χ3v) is 12.3. The number of aromatic nitrogens is 2. The van der Waals surface area contributed by atoms with Gasteiger partial charge in [0.05, 0.1) is 11.7 Å². The molecule has 0 saturated heterocycles. The predicted octanol–water partition coefficient (Wildman–Crippen LogP) is 13.6. The predicted molar refractivity (Wildman–Crippen MR) is 219 cm³/mol. The first-order chi connectivity index (χ1) is 24.9. The van der Waals surface area contributed by atoms with Crippen molar-refractivity contribution >= 4 is 56.8 Å². The van der Waals surface area contributed by atoms with Crippen LogP contribution in [0.1, 0.15) is 79.1 Å². The van der Waals surface area contributed by atoms with Gasteiger partial charge >= 0.3 is 0 Å². The lowest BCUT2D eigenvalue weighted by atomic mass is 10.1. The monoisotopic (exact) mass is 742 g/mol. The summed E-state index contributed by atoms with van der Waals surface area (Å²) >= 11 is 4.33. The van der Waals surface area contributed by atoms with Crippen LogP contribution in [0.5, 0.6) is 0 Å². The average molecular weight is 743 g/mol. The third kappa shape index (κ3) is 8.53. The molecule has 3 heterocycles. The minimum Gasteiger partial charge on any atom is -0.371 e. The number of unbranched alkanes of at least 4 members (excludes halogenated alkanes) is 4. The molecule has 0 bridgehead atoms. The minimum atomic E-state index is -0.195. The van der Waals surface area contributed by atoms with E-state index in [4.69, 9.17) is 8.75 Å². The van der Waals surface area contributed by atoms with Gasteiger partial charge in [-0.3, -0.25) is 0 Å². The highest BCUT2D eigenvalue weighted by Gasteiger charge is 2.19. The van der Waals surface area contributed by atoms with Crippen molar-refractivity contribution in [3.63, 3.8) is 0 Å². The molecular weight excluding hydrogens is 695 g/mol. The largest absolute Gasteiger partial charge is 0.371 e. The summed E-state index contributed by atoms with van der Waals surface area (Å²) in [7, 11) is 0. The molecule has 0 amide bonds. The lowest BCUT2D eigenvalue weighted by Gasteiger charge is -2.25. The van der Waals surface area contributed by atoms with Crippen molar-refractivity contribution in [1.29, 1.82) is 0 Å². The van der Waals surface area contributed by atoms with Gasteiger partial charge in [0, 0.05) is 79.3 Å². The Bertz CT molecular complexity index is 1870. The molecule has 9 heteroatoms. The zero-order valence-electron chi connectivity index (χ0n) is 30.2. The van der Waals surface area contributed by atoms with Crippen molar-refractivity contribution in [2.24, 2.45) is 0 Å². The Morgan fingerprint density at radius 2 is 0.804 bits per heavy atom. The van der Waals surface area contributed by atoms with Gasteiger partial charge in [0.15, 0.2) is 0 Å². The van der Waals surface area contributed by atoms with E-state index in [0.29, 0.717) is 11.1 Å². The van der Waals surface area contributed by atoms with Crippen molar-refractivity contribution in [3.8, 4) is 41.8 Å². The van der Waals surface area contributed by atoms with Crippen molar-refractivity contribution in [2.45, 2.75) is 79.1 Å². The van der Waals surface area contributed by atoms with Crippen LogP contribution in [0.4, 0.5) is 20.2 Å². The van der Waals surface area contributed by atoms with E-state index >= 15 is 8.78 Å². The number of rotatable bonds is 18. The van der Waals surface area contributed by atoms with Crippen LogP contribution in [0.15, 0.2) is 72.8 Å². The third-order valence-electron chi connectivity index (χ3n) is 9.45. The number of nitrogens with zero attached hydrogens (tertiary/aromatic N) is 4. The Hall–Kier alpha value is -3.66. The molecule has 6 rings (SSSR count). The SMILES string of the molecule is CCCCN(CCCC)c1ccc(-c2ccc(-c3ccc(-c4ccc(-c5ccc(N(CCCC)CCCC)cc5F)s4)c4nsnc34)s2)c(F)c1. The topological polar surface area (TPSA) is 32.3 Å². The smallest absolute Gasteiger partial charge is 0.133 e. The zero-order chi connectivity index (χ0) is 35.7. The summed E-state index contributed by atoms with van der Waals surface area (Å²) in [4.78, 5) is 8.44. The zero-order valence-corrected chi connectivity index (χ0v) is 32.6. The lowest BCUT2D eigenvalue weighted by molar-refractivity contribution is 0.626. The summed E-state index contributed by atoms with van der Waals surface area (Å²) in [6.45, 7) is 12.5. The molecule has 0 radical (unpaired) electrons. The first-order valence-electron chi connectivity index (χ1n) is 18.5. The quantitative estimate of drug-likeness (QED) is 0.0878. The molecule has 0 fully saturated rings. The molecule has 0 N–H and O–H groups in total. The number of hydrogen-bond acceptors (Lipinski definition) is 7. The molecule has 3 aromatic carbocycles. The number of halogens is 2. The Kier molecular flexibility index (Phi) is 12.9. The van der Waals surface area contributed by atoms with Gasteiger partial charge in [0.2, 0.25) is 0 Å². The molecule has 0 saturated carbocycles. The van der Waals surface area contributed by atoms with E-state index in [1.54, 1.807) is 34.8 Å². The standard InChI is InChI=1S/C42H48F2N4S3/c1-5-9-23-47(24-10-6-2)29-13-15-31(35(43)27-29)37-19-21-39(49-37)33-17-18-34(42-41(33)45-51-46-42)40-22-20-38(50-40)32-16-14-30(28-36(32)44)48(25-11-7-3)26-12-8-4/h13-22,27-28H,5-12,23-26H2,1-4H3. The molecule has 0 aliphatic rings. The Labute approximate surface area is 314 Å². The summed E-state index contributed by atoms with van der Waals surface area (Å²) in [5, 5.41) is 0. The van der Waals surface area contributed by atoms with Crippen LogP contribution in [0.2, 0.25) is 0 Å². The van der Waals surface area contributed by atoms with Crippen molar-refractivity contribution in [1.82, 2.24) is 8.75 Å². The fourth-order valence-corrected chi connectivity index (χ4v) is 9.15. The van der Waals surface area contributed by atoms with E-state index < -0.39 is 0 Å². The van der Waals surface area contributed by atoms with E-state index in [1.807, 2.05) is 24.3 Å². The van der Waals surface area contributed by atoms with E-state index in [-0.39, 0.29) is 11.6 Å². The van der Waals surface area contributed by atoms with Gasteiger partial charge in [-0.15, -0.1) is 22.7 Å². The van der Waals surface area contributed by atoms with Crippen molar-refractivity contribution < 1.29 is 8.78 Å². The van der Waals surface area contributed by atoms with E-state index in [1.165, 1.54) is 11.7 Å².